The maximum Gasteiger partial charge on any atom is 0.328 e. The molecule has 1 saturated heterocycles. The summed E-state index contributed by atoms with van der Waals surface area (Å²) >= 11 is 0. The molecule has 1 atom stereocenters. The first-order valence-corrected chi connectivity index (χ1v) is 12.8. The number of aromatic nitrogens is 5. The Morgan fingerprint density at radius 2 is 2.00 bits per heavy atom. The predicted octanol–water partition coefficient (Wildman–Crippen LogP) is 4.00. The van der Waals surface area contributed by atoms with E-state index in [0.717, 1.165) is 24.4 Å². The number of carboxylic acid groups (broad SMARTS) is 1. The summed E-state index contributed by atoms with van der Waals surface area (Å²) in [6, 6.07) is 14.8. The van der Waals surface area contributed by atoms with Crippen molar-refractivity contribution in [1.82, 2.24) is 30.3 Å². The number of hydrogen-bond acceptors (Lipinski definition) is 7. The van der Waals surface area contributed by atoms with Crippen molar-refractivity contribution in [3.05, 3.63) is 90.0 Å². The van der Waals surface area contributed by atoms with Gasteiger partial charge >= 0.3 is 5.97 Å². The summed E-state index contributed by atoms with van der Waals surface area (Å²) in [5.41, 5.74) is 1.97. The van der Waals surface area contributed by atoms with Gasteiger partial charge in [-0.1, -0.05) is 17.3 Å². The van der Waals surface area contributed by atoms with Gasteiger partial charge in [0.25, 0.3) is 5.91 Å². The fourth-order valence-corrected chi connectivity index (χ4v) is 5.00. The third-order valence-electron chi connectivity index (χ3n) is 6.91. The van der Waals surface area contributed by atoms with Gasteiger partial charge in [0.05, 0.1) is 17.3 Å². The van der Waals surface area contributed by atoms with Gasteiger partial charge in [-0.15, -0.1) is 5.10 Å². The smallest absolute Gasteiger partial charge is 0.328 e. The average molecular weight is 538 g/mol. The van der Waals surface area contributed by atoms with Crippen molar-refractivity contribution < 1.29 is 19.1 Å². The van der Waals surface area contributed by atoms with Crippen LogP contribution in [0.4, 0.5) is 10.2 Å². The molecular weight excluding hydrogens is 513 g/mol. The zero-order chi connectivity index (χ0) is 27.6. The van der Waals surface area contributed by atoms with Gasteiger partial charge in [-0.3, -0.25) is 9.69 Å². The molecule has 10 nitrogen and oxygen atoms in total. The Hall–Kier alpha value is -5.03. The Labute approximate surface area is 227 Å². The van der Waals surface area contributed by atoms with E-state index in [9.17, 15) is 9.59 Å². The topological polar surface area (TPSA) is 126 Å². The molecule has 1 amide bonds. The quantitative estimate of drug-likeness (QED) is 0.311. The first-order valence-electron chi connectivity index (χ1n) is 12.8. The molecule has 40 heavy (non-hydrogen) atoms. The van der Waals surface area contributed by atoms with Gasteiger partial charge in [0.2, 0.25) is 0 Å². The molecule has 6 rings (SSSR count). The Morgan fingerprint density at radius 1 is 1.10 bits per heavy atom. The number of fused-ring (bicyclic) bond motifs is 2. The van der Waals surface area contributed by atoms with E-state index in [0.29, 0.717) is 46.6 Å². The molecule has 5 aromatic rings. The largest absolute Gasteiger partial charge is 0.478 e. The molecule has 0 spiro atoms. The second-order valence-electron chi connectivity index (χ2n) is 9.47. The lowest BCUT2D eigenvalue weighted by Crippen LogP contribution is -2.49. The molecule has 0 saturated carbocycles. The number of rotatable bonds is 6. The Kier molecular flexibility index (Phi) is 6.71. The number of aliphatic carboxylic acids is 1. The summed E-state index contributed by atoms with van der Waals surface area (Å²) in [6.07, 6.45) is 7.31. The van der Waals surface area contributed by atoms with Gasteiger partial charge < -0.3 is 10.4 Å². The summed E-state index contributed by atoms with van der Waals surface area (Å²) in [6.45, 7) is 1.35. The van der Waals surface area contributed by atoms with Crippen LogP contribution >= 0.6 is 0 Å². The van der Waals surface area contributed by atoms with E-state index < -0.39 is 17.7 Å². The van der Waals surface area contributed by atoms with Crippen LogP contribution in [0.25, 0.3) is 33.7 Å². The van der Waals surface area contributed by atoms with Gasteiger partial charge in [-0.25, -0.2) is 19.2 Å². The molecule has 0 unspecified atom stereocenters. The SMILES string of the molecule is O=C(O)/C=C/c1ccc2ccnc(N(C(=O)c3ccc(-n4nnc5cccnc54)cc3F)[C@@H]3CCCNC3)c2c1. The van der Waals surface area contributed by atoms with Crippen molar-refractivity contribution in [1.29, 1.82) is 0 Å². The van der Waals surface area contributed by atoms with Crippen LogP contribution in [0.1, 0.15) is 28.8 Å². The molecule has 0 aliphatic carbocycles. The first kappa shape index (κ1) is 25.3. The van der Waals surface area contributed by atoms with Crippen LogP contribution in [0.15, 0.2) is 73.1 Å². The Bertz CT molecular complexity index is 1780. The van der Waals surface area contributed by atoms with Gasteiger partial charge in [-0.2, -0.15) is 4.68 Å². The van der Waals surface area contributed by atoms with Gasteiger partial charge in [-0.05, 0) is 72.8 Å². The van der Waals surface area contributed by atoms with E-state index >= 15 is 4.39 Å². The number of piperidine rings is 1. The van der Waals surface area contributed by atoms with Crippen molar-refractivity contribution in [3.8, 4) is 5.69 Å². The average Bonchev–Trinajstić information content (AvgIpc) is 3.41. The highest BCUT2D eigenvalue weighted by molar-refractivity contribution is 6.10. The van der Waals surface area contributed by atoms with Gasteiger partial charge in [0, 0.05) is 36.5 Å². The fraction of sp³-hybridized carbons (Fsp3) is 0.172. The number of halogens is 1. The van der Waals surface area contributed by atoms with Crippen LogP contribution in [0.2, 0.25) is 0 Å². The molecule has 1 aliphatic rings. The lowest BCUT2D eigenvalue weighted by Gasteiger charge is -2.34. The number of carboxylic acids is 1. The van der Waals surface area contributed by atoms with Crippen LogP contribution in [0.5, 0.6) is 0 Å². The predicted molar refractivity (Wildman–Crippen MR) is 148 cm³/mol. The molecule has 2 N–H and O–H groups in total. The number of pyridine rings is 2. The molecule has 2 aromatic carbocycles. The van der Waals surface area contributed by atoms with Crippen molar-refractivity contribution in [2.75, 3.05) is 18.0 Å². The highest BCUT2D eigenvalue weighted by Gasteiger charge is 2.31. The third kappa shape index (κ3) is 4.78. The number of hydrogen-bond donors (Lipinski definition) is 2. The number of nitrogens with zero attached hydrogens (tertiary/aromatic N) is 6. The van der Waals surface area contributed by atoms with Crippen molar-refractivity contribution in [2.24, 2.45) is 0 Å². The van der Waals surface area contributed by atoms with E-state index in [2.05, 4.69) is 25.6 Å². The van der Waals surface area contributed by atoms with E-state index in [-0.39, 0.29) is 11.6 Å². The van der Waals surface area contributed by atoms with Crippen LogP contribution < -0.4 is 10.2 Å². The molecule has 3 aromatic heterocycles. The Morgan fingerprint density at radius 3 is 2.80 bits per heavy atom. The summed E-state index contributed by atoms with van der Waals surface area (Å²) in [4.78, 5) is 35.6. The Balaban J connectivity index is 1.43. The highest BCUT2D eigenvalue weighted by atomic mass is 19.1. The monoisotopic (exact) mass is 537 g/mol. The van der Waals surface area contributed by atoms with Gasteiger partial charge in [0.1, 0.15) is 17.2 Å². The molecule has 4 heterocycles. The maximum absolute atomic E-state index is 15.7. The second kappa shape index (κ2) is 10.6. The fourth-order valence-electron chi connectivity index (χ4n) is 5.00. The summed E-state index contributed by atoms with van der Waals surface area (Å²) in [7, 11) is 0. The number of carbonyl (C=O) groups excluding carboxylic acids is 1. The minimum atomic E-state index is -1.06. The van der Waals surface area contributed by atoms with E-state index in [4.69, 9.17) is 5.11 Å². The zero-order valence-corrected chi connectivity index (χ0v) is 21.2. The van der Waals surface area contributed by atoms with Crippen LogP contribution in [-0.4, -0.2) is 61.1 Å². The van der Waals surface area contributed by atoms with E-state index in [1.165, 1.54) is 22.9 Å². The standard InChI is InChI=1S/C29H24FN7O3/c30-24-16-20(37-28-25(34-35-37)4-2-13-32-28)8-9-22(24)29(40)36(21-3-1-12-31-17-21)27-23-15-18(6-10-26(38)39)5-7-19(23)11-14-33-27/h2,4-11,13-16,21,31H,1,3,12,17H2,(H,38,39)/b10-6+/t21-/m1/s1. The molecular formula is C29H24FN7O3. The van der Waals surface area contributed by atoms with E-state index in [1.54, 1.807) is 47.6 Å². The molecule has 11 heteroatoms. The number of nitrogens with one attached hydrogen (secondary N) is 1. The number of benzene rings is 2. The van der Waals surface area contributed by atoms with E-state index in [1.807, 2.05) is 12.1 Å². The normalized spacial score (nSPS) is 15.6. The molecule has 0 bridgehead atoms. The molecule has 0 radical (unpaired) electrons. The number of carbonyl (C=O) groups is 2. The highest BCUT2D eigenvalue weighted by Crippen LogP contribution is 2.31. The lowest BCUT2D eigenvalue weighted by atomic mass is 10.0. The zero-order valence-electron chi connectivity index (χ0n) is 21.2. The molecule has 1 fully saturated rings. The maximum atomic E-state index is 15.7. The first-order chi connectivity index (χ1) is 19.5. The lowest BCUT2D eigenvalue weighted by molar-refractivity contribution is -0.131. The summed E-state index contributed by atoms with van der Waals surface area (Å²) in [5.74, 6) is -1.91. The van der Waals surface area contributed by atoms with Crippen LogP contribution in [0.3, 0.4) is 0 Å². The number of amides is 1. The molecule has 1 aliphatic heterocycles. The summed E-state index contributed by atoms with van der Waals surface area (Å²) in [5, 5.41) is 22.0. The minimum Gasteiger partial charge on any atom is -0.478 e. The minimum absolute atomic E-state index is 0.104. The third-order valence-corrected chi connectivity index (χ3v) is 6.91. The summed E-state index contributed by atoms with van der Waals surface area (Å²) < 4.78 is 17.1. The van der Waals surface area contributed by atoms with Crippen molar-refractivity contribution >= 4 is 45.7 Å². The van der Waals surface area contributed by atoms with Crippen LogP contribution in [0, 0.1) is 5.82 Å². The second-order valence-corrected chi connectivity index (χ2v) is 9.47. The van der Waals surface area contributed by atoms with Crippen molar-refractivity contribution in [3.63, 3.8) is 0 Å². The van der Waals surface area contributed by atoms with Gasteiger partial charge in [0.15, 0.2) is 5.65 Å². The number of anilines is 1. The van der Waals surface area contributed by atoms with Crippen molar-refractivity contribution in [2.45, 2.75) is 18.9 Å². The van der Waals surface area contributed by atoms with Crippen LogP contribution in [-0.2, 0) is 4.79 Å². The molecule has 200 valence electrons.